The molecule has 3 heterocycles. The molecule has 0 N–H and O–H groups in total. The lowest BCUT2D eigenvalue weighted by atomic mass is 9.92. The number of carbonyl (C=O) groups is 1. The van der Waals surface area contributed by atoms with Crippen LogP contribution in [0, 0.1) is 0 Å². The summed E-state index contributed by atoms with van der Waals surface area (Å²) in [6.45, 7) is 10.2. The van der Waals surface area contributed by atoms with E-state index in [4.69, 9.17) is 14.3 Å². The second-order valence-electron chi connectivity index (χ2n) is 11.6. The number of piperazine rings is 1. The fraction of sp³-hybridized carbons (Fsp3) is 0.364. The first-order valence-electron chi connectivity index (χ1n) is 14.2. The third kappa shape index (κ3) is 7.33. The van der Waals surface area contributed by atoms with Gasteiger partial charge in [-0.25, -0.2) is 0 Å². The van der Waals surface area contributed by atoms with Crippen molar-refractivity contribution >= 4 is 17.7 Å². The molecule has 0 atom stereocenters. The summed E-state index contributed by atoms with van der Waals surface area (Å²) in [7, 11) is 0. The van der Waals surface area contributed by atoms with Crippen molar-refractivity contribution in [2.24, 2.45) is 0 Å². The van der Waals surface area contributed by atoms with E-state index in [0.717, 1.165) is 16.8 Å². The van der Waals surface area contributed by atoms with Crippen molar-refractivity contribution in [1.29, 1.82) is 0 Å². The minimum Gasteiger partial charge on any atom is -0.482 e. The predicted octanol–water partition coefficient (Wildman–Crippen LogP) is 5.44. The van der Waals surface area contributed by atoms with E-state index in [1.807, 2.05) is 76.5 Å². The molecule has 220 valence electrons. The Hall–Kier alpha value is -3.82. The van der Waals surface area contributed by atoms with Crippen LogP contribution in [-0.4, -0.2) is 57.9 Å². The molecule has 0 bridgehead atoms. The lowest BCUT2D eigenvalue weighted by Gasteiger charge is -2.34. The third-order valence-electron chi connectivity index (χ3n) is 7.39. The summed E-state index contributed by atoms with van der Waals surface area (Å²) >= 11 is 1.68. The van der Waals surface area contributed by atoms with Crippen molar-refractivity contribution in [3.05, 3.63) is 111 Å². The Morgan fingerprint density at radius 3 is 2.31 bits per heavy atom. The number of ether oxygens (including phenoxy) is 1. The highest BCUT2D eigenvalue weighted by Gasteiger charge is 2.28. The van der Waals surface area contributed by atoms with Gasteiger partial charge in [-0.15, -0.1) is 11.8 Å². The zero-order valence-electron chi connectivity index (χ0n) is 24.7. The summed E-state index contributed by atoms with van der Waals surface area (Å²) in [6, 6.07) is 21.6. The first kappa shape index (κ1) is 29.7. The zero-order valence-corrected chi connectivity index (χ0v) is 25.5. The number of thioether (sulfide) groups is 1. The maximum absolute atomic E-state index is 13.7. The minimum absolute atomic E-state index is 0.00953. The van der Waals surface area contributed by atoms with Crippen LogP contribution in [0.4, 0.5) is 0 Å². The minimum atomic E-state index is -0.202. The van der Waals surface area contributed by atoms with Crippen LogP contribution in [0.5, 0.6) is 5.75 Å². The Morgan fingerprint density at radius 2 is 1.67 bits per heavy atom. The summed E-state index contributed by atoms with van der Waals surface area (Å²) in [5, 5.41) is 4.82. The van der Waals surface area contributed by atoms with Crippen molar-refractivity contribution in [2.45, 2.75) is 50.8 Å². The molecule has 1 saturated heterocycles. The number of amides is 1. The van der Waals surface area contributed by atoms with E-state index in [0.29, 0.717) is 57.3 Å². The van der Waals surface area contributed by atoms with Gasteiger partial charge in [0, 0.05) is 42.6 Å². The average molecular weight is 587 g/mol. The molecular formula is C33H38N4O4S. The molecule has 5 rings (SSSR count). The summed E-state index contributed by atoms with van der Waals surface area (Å²) in [6.07, 6.45) is 3.43. The third-order valence-corrected chi connectivity index (χ3v) is 8.13. The second kappa shape index (κ2) is 13.0. The fourth-order valence-corrected chi connectivity index (χ4v) is 5.24. The molecule has 0 saturated carbocycles. The first-order chi connectivity index (χ1) is 20.2. The van der Waals surface area contributed by atoms with Gasteiger partial charge in [0.2, 0.25) is 11.2 Å². The van der Waals surface area contributed by atoms with E-state index in [2.05, 4.69) is 25.7 Å². The molecule has 0 radical (unpaired) electrons. The number of hydrogen-bond acceptors (Lipinski definition) is 7. The molecule has 1 fully saturated rings. The Kier molecular flexibility index (Phi) is 9.18. The van der Waals surface area contributed by atoms with Crippen LogP contribution in [0.2, 0.25) is 0 Å². The number of benzene rings is 2. The van der Waals surface area contributed by atoms with Crippen LogP contribution >= 0.6 is 11.8 Å². The number of rotatable bonds is 9. The summed E-state index contributed by atoms with van der Waals surface area (Å²) in [4.78, 5) is 31.6. The highest BCUT2D eigenvalue weighted by molar-refractivity contribution is 7.98. The van der Waals surface area contributed by atoms with Gasteiger partial charge in [0.25, 0.3) is 5.91 Å². The average Bonchev–Trinajstić information content (AvgIpc) is 3.42. The highest BCUT2D eigenvalue weighted by Crippen LogP contribution is 2.24. The Labute approximate surface area is 251 Å². The standard InChI is InChI=1S/C33H38N4O4S/c1-33(2,3)31-19-28(37(34-31)20-24-8-6-5-7-9-24)32(39)36-16-14-35(15-17-36)21-26-18-29(38)30(23-40-26)41-22-25-10-12-27(42-4)13-11-25/h5-13,18-19,23H,14-17,20-22H2,1-4H3. The van der Waals surface area contributed by atoms with Crippen LogP contribution in [0.1, 0.15) is 53.8 Å². The van der Waals surface area contributed by atoms with Crippen molar-refractivity contribution < 1.29 is 13.9 Å². The van der Waals surface area contributed by atoms with Gasteiger partial charge in [-0.05, 0) is 35.6 Å². The normalized spacial score (nSPS) is 14.2. The van der Waals surface area contributed by atoms with Crippen LogP contribution in [-0.2, 0) is 25.1 Å². The monoisotopic (exact) mass is 586 g/mol. The van der Waals surface area contributed by atoms with Gasteiger partial charge in [-0.3, -0.25) is 19.2 Å². The topological polar surface area (TPSA) is 80.8 Å². The van der Waals surface area contributed by atoms with Gasteiger partial charge in [-0.2, -0.15) is 5.10 Å². The van der Waals surface area contributed by atoms with Gasteiger partial charge in [0.15, 0.2) is 0 Å². The van der Waals surface area contributed by atoms with Gasteiger partial charge in [0.1, 0.15) is 24.3 Å². The van der Waals surface area contributed by atoms with Gasteiger partial charge < -0.3 is 14.1 Å². The lowest BCUT2D eigenvalue weighted by molar-refractivity contribution is 0.0607. The van der Waals surface area contributed by atoms with Gasteiger partial charge >= 0.3 is 0 Å². The van der Waals surface area contributed by atoms with E-state index < -0.39 is 0 Å². The molecular weight excluding hydrogens is 548 g/mol. The summed E-state index contributed by atoms with van der Waals surface area (Å²) in [5.41, 5.74) is 3.23. The Morgan fingerprint density at radius 1 is 0.952 bits per heavy atom. The molecule has 2 aromatic carbocycles. The maximum Gasteiger partial charge on any atom is 0.272 e. The van der Waals surface area contributed by atoms with Crippen molar-refractivity contribution in [3.8, 4) is 5.75 Å². The van der Waals surface area contributed by atoms with Crippen molar-refractivity contribution in [1.82, 2.24) is 19.6 Å². The van der Waals surface area contributed by atoms with E-state index in [9.17, 15) is 9.59 Å². The molecule has 4 aromatic rings. The number of hydrogen-bond donors (Lipinski definition) is 0. The smallest absolute Gasteiger partial charge is 0.272 e. The van der Waals surface area contributed by atoms with Crippen molar-refractivity contribution in [3.63, 3.8) is 0 Å². The first-order valence-corrected chi connectivity index (χ1v) is 15.4. The molecule has 0 unspecified atom stereocenters. The van der Waals surface area contributed by atoms with E-state index in [-0.39, 0.29) is 22.5 Å². The predicted molar refractivity (Wildman–Crippen MR) is 165 cm³/mol. The number of nitrogens with zero attached hydrogens (tertiary/aromatic N) is 4. The molecule has 9 heteroatoms. The number of carbonyl (C=O) groups excluding carboxylic acids is 1. The van der Waals surface area contributed by atoms with E-state index in [1.54, 1.807) is 11.8 Å². The molecule has 1 aliphatic heterocycles. The largest absolute Gasteiger partial charge is 0.482 e. The van der Waals surface area contributed by atoms with E-state index >= 15 is 0 Å². The molecule has 0 spiro atoms. The van der Waals surface area contributed by atoms with Crippen LogP contribution in [0.3, 0.4) is 0 Å². The summed E-state index contributed by atoms with van der Waals surface area (Å²) < 4.78 is 13.3. The molecule has 1 amide bonds. The molecule has 8 nitrogen and oxygen atoms in total. The second-order valence-corrected chi connectivity index (χ2v) is 12.5. The summed E-state index contributed by atoms with van der Waals surface area (Å²) in [5.74, 6) is 0.766. The van der Waals surface area contributed by atoms with Crippen LogP contribution < -0.4 is 10.2 Å². The SMILES string of the molecule is CSc1ccc(COc2coc(CN3CCN(C(=O)c4cc(C(C)(C)C)nn4Cc4ccccc4)CC3)cc2=O)cc1. The maximum atomic E-state index is 13.7. The molecule has 0 aliphatic carbocycles. The van der Waals surface area contributed by atoms with Crippen LogP contribution in [0.15, 0.2) is 87.1 Å². The quantitative estimate of drug-likeness (QED) is 0.242. The Balaban J connectivity index is 1.18. The molecule has 1 aliphatic rings. The fourth-order valence-electron chi connectivity index (χ4n) is 4.83. The van der Waals surface area contributed by atoms with Crippen molar-refractivity contribution in [2.75, 3.05) is 32.4 Å². The number of aromatic nitrogens is 2. The van der Waals surface area contributed by atoms with Crippen LogP contribution in [0.25, 0.3) is 0 Å². The van der Waals surface area contributed by atoms with E-state index in [1.165, 1.54) is 17.2 Å². The van der Waals surface area contributed by atoms with Gasteiger partial charge in [-0.1, -0.05) is 63.2 Å². The zero-order chi connectivity index (χ0) is 29.7. The van der Waals surface area contributed by atoms with Gasteiger partial charge in [0.05, 0.1) is 18.8 Å². The molecule has 2 aromatic heterocycles. The highest BCUT2D eigenvalue weighted by atomic mass is 32.2. The Bertz CT molecular complexity index is 1550. The molecule has 42 heavy (non-hydrogen) atoms. The lowest BCUT2D eigenvalue weighted by Crippen LogP contribution is -2.48.